The minimum atomic E-state index is -0.390. The van der Waals surface area contributed by atoms with Crippen LogP contribution in [0.15, 0.2) is 73.1 Å². The van der Waals surface area contributed by atoms with Gasteiger partial charge in [0.15, 0.2) is 5.78 Å². The third kappa shape index (κ3) is 11.7. The number of allylic oxidation sites excluding steroid dienone is 5. The van der Waals surface area contributed by atoms with Crippen molar-refractivity contribution < 1.29 is 23.9 Å². The van der Waals surface area contributed by atoms with Gasteiger partial charge >= 0.3 is 0 Å². The Hall–Kier alpha value is -3.34. The van der Waals surface area contributed by atoms with Gasteiger partial charge in [-0.2, -0.15) is 0 Å². The molecule has 3 fully saturated rings. The maximum Gasteiger partial charge on any atom is 0.158 e. The van der Waals surface area contributed by atoms with E-state index in [0.717, 1.165) is 68.1 Å². The lowest BCUT2D eigenvalue weighted by Crippen LogP contribution is -2.38. The van der Waals surface area contributed by atoms with Gasteiger partial charge in [0.25, 0.3) is 0 Å². The highest BCUT2D eigenvalue weighted by atomic mass is 16.5. The Bertz CT molecular complexity index is 1690. The average molecular weight is 779 g/mol. The van der Waals surface area contributed by atoms with Crippen LogP contribution in [-0.2, 0) is 30.3 Å². The first-order chi connectivity index (χ1) is 27.0. The Labute approximate surface area is 345 Å². The Morgan fingerprint density at radius 2 is 1.61 bits per heavy atom. The standard InChI is InChI=1S/C50H68O5.C2H6/c1-31(24-41-39-17-13-12-16-36(39)28-45(41)52)18-21-44(51)33(3)38(26-34-19-20-34)29-46(53)47-42(27-37-22-23-50(7,8)30-43(37)47)48(54)40(35-14-10-9-11-15-35)25-32(2)55-49(4,5)6;1-2/h12-13,16-17,22-23,34-35,37-38,40-43,47H,1-3,9-11,14-15,18-21,24-30H2,4-8H3;1-2H3. The van der Waals surface area contributed by atoms with Gasteiger partial charge in [0.05, 0.1) is 5.76 Å². The minimum absolute atomic E-state index is 0.00821. The summed E-state index contributed by atoms with van der Waals surface area (Å²) in [6, 6.07) is 8.01. The summed E-state index contributed by atoms with van der Waals surface area (Å²) in [5, 5.41) is 0. The summed E-state index contributed by atoms with van der Waals surface area (Å²) < 4.78 is 6.21. The molecule has 0 aliphatic heterocycles. The van der Waals surface area contributed by atoms with Crippen molar-refractivity contribution in [2.45, 2.75) is 163 Å². The Balaban J connectivity index is 0.00000305. The number of carbonyl (C=O) groups is 4. The molecule has 0 radical (unpaired) electrons. The summed E-state index contributed by atoms with van der Waals surface area (Å²) >= 11 is 0. The normalized spacial score (nSPS) is 26.3. The number of Topliss-reactive ketones (excluding diaryl/α,β-unsaturated/α-hetero) is 4. The van der Waals surface area contributed by atoms with Crippen LogP contribution in [0, 0.1) is 52.8 Å². The number of ether oxygens (including phenoxy) is 1. The topological polar surface area (TPSA) is 77.5 Å². The predicted molar refractivity (Wildman–Crippen MR) is 233 cm³/mol. The molecule has 5 aliphatic carbocycles. The van der Waals surface area contributed by atoms with E-state index in [4.69, 9.17) is 4.74 Å². The van der Waals surface area contributed by atoms with Crippen molar-refractivity contribution in [2.24, 2.45) is 52.8 Å². The number of benzene rings is 1. The van der Waals surface area contributed by atoms with Gasteiger partial charge in [0, 0.05) is 49.4 Å². The predicted octanol–water partition coefficient (Wildman–Crippen LogP) is 12.5. The smallest absolute Gasteiger partial charge is 0.158 e. The molecule has 0 N–H and O–H groups in total. The number of carbonyl (C=O) groups excluding carboxylic acids is 4. The number of hydrogen-bond acceptors (Lipinski definition) is 5. The molecule has 0 amide bonds. The van der Waals surface area contributed by atoms with Crippen LogP contribution in [0.1, 0.15) is 162 Å². The van der Waals surface area contributed by atoms with Crippen molar-refractivity contribution in [2.75, 3.05) is 0 Å². The van der Waals surface area contributed by atoms with E-state index >= 15 is 4.79 Å². The zero-order valence-corrected chi connectivity index (χ0v) is 36.6. The molecule has 5 heteroatoms. The van der Waals surface area contributed by atoms with E-state index in [0.29, 0.717) is 49.4 Å². The van der Waals surface area contributed by atoms with Crippen molar-refractivity contribution in [3.05, 3.63) is 84.2 Å². The van der Waals surface area contributed by atoms with Crippen LogP contribution in [-0.4, -0.2) is 28.7 Å². The molecule has 0 spiro atoms. The van der Waals surface area contributed by atoms with Gasteiger partial charge < -0.3 is 4.74 Å². The summed E-state index contributed by atoms with van der Waals surface area (Å²) in [5.74, 6) is 1.06. The first-order valence-electron chi connectivity index (χ1n) is 22.6. The molecule has 1 aromatic carbocycles. The molecule has 312 valence electrons. The van der Waals surface area contributed by atoms with E-state index in [2.05, 4.69) is 45.7 Å². The van der Waals surface area contributed by atoms with E-state index in [9.17, 15) is 14.4 Å². The monoisotopic (exact) mass is 779 g/mol. The number of fused-ring (bicyclic) bond motifs is 2. The highest BCUT2D eigenvalue weighted by Crippen LogP contribution is 2.54. The first kappa shape index (κ1) is 44.8. The lowest BCUT2D eigenvalue weighted by Gasteiger charge is -2.37. The largest absolute Gasteiger partial charge is 0.493 e. The lowest BCUT2D eigenvalue weighted by atomic mass is 9.67. The molecule has 0 heterocycles. The summed E-state index contributed by atoms with van der Waals surface area (Å²) in [6.07, 6.45) is 17.4. The fraction of sp³-hybridized carbons (Fsp3) is 0.654. The third-order valence-corrected chi connectivity index (χ3v) is 13.7. The van der Waals surface area contributed by atoms with Gasteiger partial charge in [0.1, 0.15) is 23.0 Å². The molecule has 5 nitrogen and oxygen atoms in total. The molecular formula is C52H74O5. The van der Waals surface area contributed by atoms with Gasteiger partial charge in [-0.3, -0.25) is 19.2 Å². The molecule has 57 heavy (non-hydrogen) atoms. The summed E-state index contributed by atoms with van der Waals surface area (Å²) in [6.45, 7) is 27.5. The molecular weight excluding hydrogens is 705 g/mol. The van der Waals surface area contributed by atoms with Gasteiger partial charge in [-0.1, -0.05) is 122 Å². The summed E-state index contributed by atoms with van der Waals surface area (Å²) in [7, 11) is 0. The van der Waals surface area contributed by atoms with Crippen LogP contribution in [0.25, 0.3) is 0 Å². The summed E-state index contributed by atoms with van der Waals surface area (Å²) in [5.41, 5.74) is 3.20. The van der Waals surface area contributed by atoms with Crippen LogP contribution in [0.4, 0.5) is 0 Å². The molecule has 0 saturated heterocycles. The van der Waals surface area contributed by atoms with Crippen LogP contribution < -0.4 is 0 Å². The van der Waals surface area contributed by atoms with E-state index < -0.39 is 0 Å². The maximum atomic E-state index is 15.1. The SMILES string of the molecule is C=C(CCC(=O)C(=C)C(CC(=O)C1C(C(=O)C(CC(=C)OC(C)(C)C)C2CCCCC2)CC2C=CC(C)(C)CC21)CC1CC1)CC1C(=O)Cc2ccccc21.CC. The Kier molecular flexibility index (Phi) is 15.0. The maximum absolute atomic E-state index is 15.1. The fourth-order valence-corrected chi connectivity index (χ4v) is 10.8. The highest BCUT2D eigenvalue weighted by molar-refractivity contribution is 5.97. The number of ketones is 4. The minimum Gasteiger partial charge on any atom is -0.493 e. The molecule has 5 aliphatic rings. The van der Waals surface area contributed by atoms with E-state index in [1.165, 1.54) is 6.42 Å². The van der Waals surface area contributed by atoms with Gasteiger partial charge in [-0.05, 0) is 117 Å². The Morgan fingerprint density at radius 3 is 2.28 bits per heavy atom. The second-order valence-electron chi connectivity index (χ2n) is 20.0. The van der Waals surface area contributed by atoms with Crippen molar-refractivity contribution in [3.8, 4) is 0 Å². The van der Waals surface area contributed by atoms with Crippen molar-refractivity contribution in [1.82, 2.24) is 0 Å². The van der Waals surface area contributed by atoms with Crippen LogP contribution in [0.5, 0.6) is 0 Å². The molecule has 1 aromatic rings. The third-order valence-electron chi connectivity index (χ3n) is 13.7. The van der Waals surface area contributed by atoms with E-state index in [-0.39, 0.29) is 94.3 Å². The highest BCUT2D eigenvalue weighted by Gasteiger charge is 2.53. The zero-order chi connectivity index (χ0) is 41.7. The average Bonchev–Trinajstić information content (AvgIpc) is 3.83. The lowest BCUT2D eigenvalue weighted by molar-refractivity contribution is -0.137. The van der Waals surface area contributed by atoms with Crippen molar-refractivity contribution >= 4 is 23.1 Å². The quantitative estimate of drug-likeness (QED) is 0.0842. The van der Waals surface area contributed by atoms with E-state index in [1.807, 2.05) is 58.9 Å². The first-order valence-corrected chi connectivity index (χ1v) is 22.6. The van der Waals surface area contributed by atoms with Crippen LogP contribution in [0.2, 0.25) is 0 Å². The molecule has 7 atom stereocenters. The Morgan fingerprint density at radius 1 is 0.930 bits per heavy atom. The van der Waals surface area contributed by atoms with Gasteiger partial charge in [0.2, 0.25) is 0 Å². The number of hydrogen-bond donors (Lipinski definition) is 0. The second-order valence-corrected chi connectivity index (χ2v) is 20.0. The fourth-order valence-electron chi connectivity index (χ4n) is 10.8. The molecule has 7 unspecified atom stereocenters. The molecule has 0 bridgehead atoms. The van der Waals surface area contributed by atoms with Gasteiger partial charge in [-0.25, -0.2) is 0 Å². The van der Waals surface area contributed by atoms with Gasteiger partial charge in [-0.15, -0.1) is 0 Å². The molecule has 0 aromatic heterocycles. The van der Waals surface area contributed by atoms with Crippen molar-refractivity contribution in [1.29, 1.82) is 0 Å². The number of rotatable bonds is 18. The van der Waals surface area contributed by atoms with Crippen LogP contribution in [0.3, 0.4) is 0 Å². The summed E-state index contributed by atoms with van der Waals surface area (Å²) in [4.78, 5) is 56.7. The second kappa shape index (κ2) is 19.2. The molecule has 6 rings (SSSR count). The van der Waals surface area contributed by atoms with E-state index in [1.54, 1.807) is 0 Å². The van der Waals surface area contributed by atoms with Crippen molar-refractivity contribution in [3.63, 3.8) is 0 Å². The molecule has 3 saturated carbocycles. The van der Waals surface area contributed by atoms with Crippen LogP contribution >= 0.6 is 0 Å². The zero-order valence-electron chi connectivity index (χ0n) is 36.6.